The Morgan fingerprint density at radius 3 is 2.89 bits per heavy atom. The van der Waals surface area contributed by atoms with E-state index in [9.17, 15) is 9.18 Å². The van der Waals surface area contributed by atoms with Crippen molar-refractivity contribution >= 4 is 21.9 Å². The van der Waals surface area contributed by atoms with Gasteiger partial charge in [0, 0.05) is 12.6 Å². The molecule has 1 aliphatic rings. The summed E-state index contributed by atoms with van der Waals surface area (Å²) in [6.45, 7) is 3.01. The fourth-order valence-electron chi connectivity index (χ4n) is 2.02. The highest BCUT2D eigenvalue weighted by Gasteiger charge is 2.31. The van der Waals surface area contributed by atoms with Crippen molar-refractivity contribution in [2.24, 2.45) is 0 Å². The third kappa shape index (κ3) is 4.01. The first-order chi connectivity index (χ1) is 9.11. The van der Waals surface area contributed by atoms with Crippen LogP contribution in [0.3, 0.4) is 0 Å². The van der Waals surface area contributed by atoms with Gasteiger partial charge in [-0.1, -0.05) is 12.1 Å². The van der Waals surface area contributed by atoms with Gasteiger partial charge < -0.3 is 4.74 Å². The largest absolute Gasteiger partial charge is 0.465 e. The van der Waals surface area contributed by atoms with Gasteiger partial charge in [0.1, 0.15) is 5.82 Å². The first-order valence-corrected chi connectivity index (χ1v) is 7.23. The van der Waals surface area contributed by atoms with Crippen LogP contribution in [0.15, 0.2) is 22.7 Å². The zero-order valence-electron chi connectivity index (χ0n) is 10.9. The summed E-state index contributed by atoms with van der Waals surface area (Å²) >= 11 is 3.26. The molecule has 1 aliphatic carbocycles. The summed E-state index contributed by atoms with van der Waals surface area (Å²) in [6, 6.07) is 5.39. The standard InChI is InChI=1S/C14H17BrFNO2/c1-2-19-13(18)9-17(11-6-7-11)8-10-4-3-5-12(16)14(10)15/h3-5,11H,2,6-9H2,1H3. The van der Waals surface area contributed by atoms with Gasteiger partial charge in [0.05, 0.1) is 17.6 Å². The summed E-state index contributed by atoms with van der Waals surface area (Å²) in [5, 5.41) is 0. The Kier molecular flexibility index (Phi) is 4.93. The smallest absolute Gasteiger partial charge is 0.320 e. The predicted octanol–water partition coefficient (Wildman–Crippen LogP) is 3.12. The van der Waals surface area contributed by atoms with Gasteiger partial charge in [-0.25, -0.2) is 4.39 Å². The molecule has 0 bridgehead atoms. The Balaban J connectivity index is 2.04. The molecule has 104 valence electrons. The molecule has 0 aliphatic heterocycles. The third-order valence-corrected chi connectivity index (χ3v) is 3.99. The Morgan fingerprint density at radius 1 is 1.53 bits per heavy atom. The van der Waals surface area contributed by atoms with Crippen LogP contribution in [0.5, 0.6) is 0 Å². The van der Waals surface area contributed by atoms with Crippen LogP contribution in [-0.4, -0.2) is 30.1 Å². The molecule has 0 heterocycles. The minimum Gasteiger partial charge on any atom is -0.465 e. The van der Waals surface area contributed by atoms with Crippen molar-refractivity contribution in [3.8, 4) is 0 Å². The molecule has 2 rings (SSSR count). The number of hydrogen-bond acceptors (Lipinski definition) is 3. The molecule has 0 spiro atoms. The molecule has 1 aromatic rings. The molecule has 0 unspecified atom stereocenters. The van der Waals surface area contributed by atoms with E-state index in [1.165, 1.54) is 6.07 Å². The lowest BCUT2D eigenvalue weighted by Gasteiger charge is -2.21. The summed E-state index contributed by atoms with van der Waals surface area (Å²) in [6.07, 6.45) is 2.18. The first kappa shape index (κ1) is 14.5. The van der Waals surface area contributed by atoms with Crippen LogP contribution in [-0.2, 0) is 16.1 Å². The van der Waals surface area contributed by atoms with E-state index in [2.05, 4.69) is 20.8 Å². The Morgan fingerprint density at radius 2 is 2.26 bits per heavy atom. The Hall–Kier alpha value is -0.940. The quantitative estimate of drug-likeness (QED) is 0.751. The van der Waals surface area contributed by atoms with Crippen molar-refractivity contribution < 1.29 is 13.9 Å². The molecular formula is C14H17BrFNO2. The Labute approximate surface area is 120 Å². The monoisotopic (exact) mass is 329 g/mol. The van der Waals surface area contributed by atoms with Crippen LogP contribution in [0.4, 0.5) is 4.39 Å². The number of ether oxygens (including phenoxy) is 1. The lowest BCUT2D eigenvalue weighted by molar-refractivity contribution is -0.144. The van der Waals surface area contributed by atoms with Crippen molar-refractivity contribution in [1.29, 1.82) is 0 Å². The number of hydrogen-bond donors (Lipinski definition) is 0. The number of halogens is 2. The summed E-state index contributed by atoms with van der Waals surface area (Å²) in [4.78, 5) is 13.6. The minimum absolute atomic E-state index is 0.220. The molecule has 0 N–H and O–H groups in total. The average molecular weight is 330 g/mol. The van der Waals surface area contributed by atoms with E-state index < -0.39 is 0 Å². The lowest BCUT2D eigenvalue weighted by atomic mass is 10.2. The second-order valence-corrected chi connectivity index (χ2v) is 5.45. The Bertz CT molecular complexity index is 463. The third-order valence-electron chi connectivity index (χ3n) is 3.11. The minimum atomic E-state index is -0.274. The molecule has 1 fully saturated rings. The van der Waals surface area contributed by atoms with Crippen molar-refractivity contribution in [3.05, 3.63) is 34.1 Å². The number of rotatable bonds is 6. The van der Waals surface area contributed by atoms with Gasteiger partial charge in [-0.05, 0) is 47.3 Å². The van der Waals surface area contributed by atoms with E-state index in [4.69, 9.17) is 4.74 Å². The second kappa shape index (κ2) is 6.48. The first-order valence-electron chi connectivity index (χ1n) is 6.44. The van der Waals surface area contributed by atoms with E-state index in [0.29, 0.717) is 23.7 Å². The fraction of sp³-hybridized carbons (Fsp3) is 0.500. The molecule has 19 heavy (non-hydrogen) atoms. The fourth-order valence-corrected chi connectivity index (χ4v) is 2.41. The zero-order chi connectivity index (χ0) is 13.8. The van der Waals surface area contributed by atoms with Crippen molar-refractivity contribution in [2.45, 2.75) is 32.4 Å². The molecule has 0 radical (unpaired) electrons. The van der Waals surface area contributed by atoms with Gasteiger partial charge in [0.25, 0.3) is 0 Å². The molecule has 1 aromatic carbocycles. The zero-order valence-corrected chi connectivity index (χ0v) is 12.5. The van der Waals surface area contributed by atoms with E-state index in [1.54, 1.807) is 13.0 Å². The van der Waals surface area contributed by atoms with E-state index in [-0.39, 0.29) is 18.3 Å². The predicted molar refractivity (Wildman–Crippen MR) is 74.2 cm³/mol. The van der Waals surface area contributed by atoms with E-state index >= 15 is 0 Å². The molecule has 0 aromatic heterocycles. The van der Waals surface area contributed by atoms with Crippen molar-refractivity contribution in [2.75, 3.05) is 13.2 Å². The van der Waals surface area contributed by atoms with Crippen LogP contribution in [0.25, 0.3) is 0 Å². The molecule has 0 amide bonds. The average Bonchev–Trinajstić information content (AvgIpc) is 3.18. The van der Waals surface area contributed by atoms with Gasteiger partial charge in [0.2, 0.25) is 0 Å². The van der Waals surface area contributed by atoms with Crippen molar-refractivity contribution in [1.82, 2.24) is 4.90 Å². The van der Waals surface area contributed by atoms with Gasteiger partial charge in [-0.15, -0.1) is 0 Å². The van der Waals surface area contributed by atoms with Crippen LogP contribution in [0.2, 0.25) is 0 Å². The lowest BCUT2D eigenvalue weighted by Crippen LogP contribution is -2.32. The highest BCUT2D eigenvalue weighted by molar-refractivity contribution is 9.10. The summed E-state index contributed by atoms with van der Waals surface area (Å²) in [5.41, 5.74) is 0.858. The number of carbonyl (C=O) groups is 1. The summed E-state index contributed by atoms with van der Waals surface area (Å²) < 4.78 is 18.9. The molecule has 0 atom stereocenters. The SMILES string of the molecule is CCOC(=O)CN(Cc1cccc(F)c1Br)C1CC1. The van der Waals surface area contributed by atoms with Crippen LogP contribution in [0, 0.1) is 5.82 Å². The highest BCUT2D eigenvalue weighted by Crippen LogP contribution is 2.30. The van der Waals surface area contributed by atoms with Gasteiger partial charge >= 0.3 is 5.97 Å². The van der Waals surface area contributed by atoms with E-state index in [1.807, 2.05) is 6.07 Å². The molecule has 3 nitrogen and oxygen atoms in total. The summed E-state index contributed by atoms with van der Waals surface area (Å²) in [7, 11) is 0. The van der Waals surface area contributed by atoms with Crippen LogP contribution >= 0.6 is 15.9 Å². The summed E-state index contributed by atoms with van der Waals surface area (Å²) in [5.74, 6) is -0.494. The van der Waals surface area contributed by atoms with Gasteiger partial charge in [-0.2, -0.15) is 0 Å². The second-order valence-electron chi connectivity index (χ2n) is 4.65. The normalized spacial score (nSPS) is 14.7. The number of nitrogens with zero attached hydrogens (tertiary/aromatic N) is 1. The van der Waals surface area contributed by atoms with Gasteiger partial charge in [0.15, 0.2) is 0 Å². The van der Waals surface area contributed by atoms with Gasteiger partial charge in [-0.3, -0.25) is 9.69 Å². The number of benzene rings is 1. The number of carbonyl (C=O) groups excluding carboxylic acids is 1. The topological polar surface area (TPSA) is 29.5 Å². The molecular weight excluding hydrogens is 313 g/mol. The maximum Gasteiger partial charge on any atom is 0.320 e. The molecule has 1 saturated carbocycles. The maximum absolute atomic E-state index is 13.5. The van der Waals surface area contributed by atoms with E-state index in [0.717, 1.165) is 18.4 Å². The van der Waals surface area contributed by atoms with Crippen LogP contribution in [0.1, 0.15) is 25.3 Å². The highest BCUT2D eigenvalue weighted by atomic mass is 79.9. The molecule has 0 saturated heterocycles. The maximum atomic E-state index is 13.5. The van der Waals surface area contributed by atoms with Crippen LogP contribution < -0.4 is 0 Å². The number of esters is 1. The molecule has 5 heteroatoms. The van der Waals surface area contributed by atoms with Crippen molar-refractivity contribution in [3.63, 3.8) is 0 Å².